The van der Waals surface area contributed by atoms with Gasteiger partial charge in [0.2, 0.25) is 5.91 Å². The molecule has 2 atom stereocenters. The lowest BCUT2D eigenvalue weighted by Gasteiger charge is -2.32. The predicted molar refractivity (Wildman–Crippen MR) is 105 cm³/mol. The average Bonchev–Trinajstić information content (AvgIpc) is 2.83. The van der Waals surface area contributed by atoms with Crippen molar-refractivity contribution in [2.24, 2.45) is 11.8 Å². The fourth-order valence-corrected chi connectivity index (χ4v) is 5.45. The van der Waals surface area contributed by atoms with Crippen molar-refractivity contribution < 1.29 is 24.2 Å². The summed E-state index contributed by atoms with van der Waals surface area (Å²) in [5.74, 6) is -3.60. The number of thiophene rings is 1. The van der Waals surface area contributed by atoms with Crippen LogP contribution in [0.25, 0.3) is 0 Å². The second-order valence-corrected chi connectivity index (χ2v) is 8.86. The molecule has 0 aromatic carbocycles. The molecule has 1 amide bonds. The van der Waals surface area contributed by atoms with Gasteiger partial charge in [-0.1, -0.05) is 17.6 Å². The highest BCUT2D eigenvalue weighted by Crippen LogP contribution is 2.40. The lowest BCUT2D eigenvalue weighted by atomic mass is 9.76. The van der Waals surface area contributed by atoms with Crippen LogP contribution < -0.4 is 10.4 Å². The Balaban J connectivity index is 1.91. The maximum atomic E-state index is 13.0. The van der Waals surface area contributed by atoms with E-state index in [1.807, 2.05) is 13.8 Å². The van der Waals surface area contributed by atoms with E-state index in [1.165, 1.54) is 18.4 Å². The van der Waals surface area contributed by atoms with E-state index in [9.17, 15) is 19.5 Å². The molecule has 0 bridgehead atoms. The van der Waals surface area contributed by atoms with Crippen LogP contribution >= 0.6 is 11.3 Å². The number of aliphatic carboxylic acids is 1. The zero-order chi connectivity index (χ0) is 20.4. The van der Waals surface area contributed by atoms with Gasteiger partial charge in [0, 0.05) is 16.8 Å². The number of rotatable bonds is 4. The Hall–Kier alpha value is -2.15. The topological polar surface area (TPSA) is 95.5 Å². The van der Waals surface area contributed by atoms with E-state index in [-0.39, 0.29) is 5.91 Å². The van der Waals surface area contributed by atoms with Crippen LogP contribution in [0.4, 0.5) is 5.00 Å². The number of hydrogen-bond acceptors (Lipinski definition) is 6. The summed E-state index contributed by atoms with van der Waals surface area (Å²) >= 11 is 1.41. The standard InChI is InChI=1S/C21H27NO5S/c1-11-9-14(15(20(24)25)10-12(11)2)18(23)22-19-17(21(26)27-3)13-7-5-4-6-8-16(13)28-19/h14-15H,4-10H2,1-3H3,(H,22,23)(H,24,25)/p-1/t14-,15-/m0/s1. The number of methoxy groups -OCH3 is 1. The van der Waals surface area contributed by atoms with Crippen molar-refractivity contribution in [2.45, 2.75) is 58.8 Å². The van der Waals surface area contributed by atoms with Crippen molar-refractivity contribution in [3.8, 4) is 0 Å². The third kappa shape index (κ3) is 3.99. The molecule has 28 heavy (non-hydrogen) atoms. The summed E-state index contributed by atoms with van der Waals surface area (Å²) in [6.07, 6.45) is 5.54. The average molecular weight is 405 g/mol. The van der Waals surface area contributed by atoms with Gasteiger partial charge in [-0.25, -0.2) is 4.79 Å². The van der Waals surface area contributed by atoms with Gasteiger partial charge in [-0.05, 0) is 57.9 Å². The maximum absolute atomic E-state index is 13.0. The maximum Gasteiger partial charge on any atom is 0.341 e. The van der Waals surface area contributed by atoms with Gasteiger partial charge in [0.05, 0.1) is 18.6 Å². The summed E-state index contributed by atoms with van der Waals surface area (Å²) in [7, 11) is 1.33. The highest BCUT2D eigenvalue weighted by molar-refractivity contribution is 7.17. The minimum atomic E-state index is -1.21. The van der Waals surface area contributed by atoms with Gasteiger partial charge in [0.25, 0.3) is 0 Å². The highest BCUT2D eigenvalue weighted by Gasteiger charge is 2.35. The monoisotopic (exact) mass is 404 g/mol. The number of fused-ring (bicyclic) bond motifs is 1. The highest BCUT2D eigenvalue weighted by atomic mass is 32.1. The summed E-state index contributed by atoms with van der Waals surface area (Å²) in [6.45, 7) is 3.82. The Morgan fingerprint density at radius 2 is 1.68 bits per heavy atom. The van der Waals surface area contributed by atoms with Crippen molar-refractivity contribution in [2.75, 3.05) is 12.4 Å². The van der Waals surface area contributed by atoms with E-state index in [0.717, 1.165) is 53.7 Å². The molecule has 0 aliphatic heterocycles. The minimum Gasteiger partial charge on any atom is -0.550 e. The zero-order valence-corrected chi connectivity index (χ0v) is 17.4. The van der Waals surface area contributed by atoms with Crippen LogP contribution in [0.2, 0.25) is 0 Å². The fourth-order valence-electron chi connectivity index (χ4n) is 4.17. The molecule has 1 aromatic heterocycles. The number of carboxylic acid groups (broad SMARTS) is 1. The van der Waals surface area contributed by atoms with Crippen LogP contribution in [0.15, 0.2) is 11.1 Å². The summed E-state index contributed by atoms with van der Waals surface area (Å²) in [6, 6.07) is 0. The number of carbonyl (C=O) groups excluding carboxylic acids is 3. The van der Waals surface area contributed by atoms with Crippen molar-refractivity contribution in [3.63, 3.8) is 0 Å². The van der Waals surface area contributed by atoms with Crippen LogP contribution in [0.1, 0.15) is 66.8 Å². The van der Waals surface area contributed by atoms with E-state index >= 15 is 0 Å². The van der Waals surface area contributed by atoms with Crippen LogP contribution in [0, 0.1) is 11.8 Å². The number of allylic oxidation sites excluding steroid dienone is 2. The van der Waals surface area contributed by atoms with E-state index in [4.69, 9.17) is 4.74 Å². The number of esters is 1. The molecular formula is C21H26NO5S-. The van der Waals surface area contributed by atoms with Crippen LogP contribution in [0.5, 0.6) is 0 Å². The lowest BCUT2D eigenvalue weighted by molar-refractivity contribution is -0.313. The largest absolute Gasteiger partial charge is 0.550 e. The summed E-state index contributed by atoms with van der Waals surface area (Å²) < 4.78 is 4.96. The molecular weight excluding hydrogens is 378 g/mol. The molecule has 0 radical (unpaired) electrons. The molecule has 1 aromatic rings. The van der Waals surface area contributed by atoms with Gasteiger partial charge in [0.15, 0.2) is 0 Å². The van der Waals surface area contributed by atoms with Crippen LogP contribution in [-0.4, -0.2) is 25.0 Å². The van der Waals surface area contributed by atoms with E-state index in [2.05, 4.69) is 5.32 Å². The second-order valence-electron chi connectivity index (χ2n) is 7.75. The molecule has 3 rings (SSSR count). The lowest BCUT2D eigenvalue weighted by Crippen LogP contribution is -2.42. The second kappa shape index (κ2) is 8.47. The number of anilines is 1. The Kier molecular flexibility index (Phi) is 6.23. The van der Waals surface area contributed by atoms with Crippen LogP contribution in [-0.2, 0) is 27.2 Å². The quantitative estimate of drug-likeness (QED) is 0.473. The van der Waals surface area contributed by atoms with Crippen LogP contribution in [0.3, 0.4) is 0 Å². The first-order valence-corrected chi connectivity index (χ1v) is 10.5. The molecule has 1 N–H and O–H groups in total. The normalized spacial score (nSPS) is 22.2. The molecule has 7 heteroatoms. The van der Waals surface area contributed by atoms with Gasteiger partial charge in [-0.2, -0.15) is 0 Å². The van der Waals surface area contributed by atoms with Crippen molar-refractivity contribution in [1.82, 2.24) is 0 Å². The van der Waals surface area contributed by atoms with E-state index < -0.39 is 23.8 Å². The molecule has 1 heterocycles. The van der Waals surface area contributed by atoms with Crippen molar-refractivity contribution in [1.29, 1.82) is 0 Å². The molecule has 2 aliphatic rings. The number of carbonyl (C=O) groups is 3. The number of carboxylic acids is 1. The Labute approximate surface area is 169 Å². The molecule has 6 nitrogen and oxygen atoms in total. The van der Waals surface area contributed by atoms with Gasteiger partial charge in [-0.15, -0.1) is 11.3 Å². The Morgan fingerprint density at radius 3 is 2.32 bits per heavy atom. The number of hydrogen-bond donors (Lipinski definition) is 1. The van der Waals surface area contributed by atoms with E-state index in [1.54, 1.807) is 0 Å². The van der Waals surface area contributed by atoms with Crippen molar-refractivity contribution >= 4 is 34.2 Å². The van der Waals surface area contributed by atoms with Crippen molar-refractivity contribution in [3.05, 3.63) is 27.2 Å². The number of nitrogens with one attached hydrogen (secondary N) is 1. The number of amides is 1. The van der Waals surface area contributed by atoms with Gasteiger partial charge in [-0.3, -0.25) is 4.79 Å². The van der Waals surface area contributed by atoms with Gasteiger partial charge < -0.3 is 20.0 Å². The summed E-state index contributed by atoms with van der Waals surface area (Å²) in [5, 5.41) is 14.9. The zero-order valence-electron chi connectivity index (χ0n) is 16.6. The first-order valence-electron chi connectivity index (χ1n) is 9.73. The Morgan fingerprint density at radius 1 is 1.04 bits per heavy atom. The minimum absolute atomic E-state index is 0.317. The van der Waals surface area contributed by atoms with Gasteiger partial charge >= 0.3 is 5.97 Å². The molecule has 0 spiro atoms. The predicted octanol–water partition coefficient (Wildman–Crippen LogP) is 2.85. The molecule has 0 saturated heterocycles. The summed E-state index contributed by atoms with van der Waals surface area (Å²) in [4.78, 5) is 38.2. The Bertz CT molecular complexity index is 838. The summed E-state index contributed by atoms with van der Waals surface area (Å²) in [5.41, 5.74) is 3.43. The number of ether oxygens (including phenoxy) is 1. The van der Waals surface area contributed by atoms with E-state index in [0.29, 0.717) is 23.4 Å². The molecule has 2 aliphatic carbocycles. The third-order valence-electron chi connectivity index (χ3n) is 5.95. The SMILES string of the molecule is COC(=O)c1c(NC(=O)[C@H]2CC(C)=C(C)C[C@@H]2C(=O)[O-])sc2c1CCCCC2. The third-order valence-corrected chi connectivity index (χ3v) is 7.16. The molecule has 152 valence electrons. The molecule has 0 saturated carbocycles. The first-order chi connectivity index (χ1) is 13.3. The smallest absolute Gasteiger partial charge is 0.341 e. The fraction of sp³-hybridized carbons (Fsp3) is 0.571. The van der Waals surface area contributed by atoms with Gasteiger partial charge in [0.1, 0.15) is 5.00 Å². The molecule has 0 fully saturated rings. The first kappa shape index (κ1) is 20.6. The number of aryl methyl sites for hydroxylation is 1. The molecule has 0 unspecified atom stereocenters.